The molecule has 0 saturated heterocycles. The van der Waals surface area contributed by atoms with E-state index in [0.717, 1.165) is 28.2 Å². The molecule has 2 heterocycles. The van der Waals surface area contributed by atoms with Crippen molar-refractivity contribution in [3.05, 3.63) is 168 Å². The van der Waals surface area contributed by atoms with Crippen LogP contribution in [0.15, 0.2) is 146 Å². The van der Waals surface area contributed by atoms with Crippen molar-refractivity contribution in [2.24, 2.45) is 0 Å². The fourth-order valence-electron chi connectivity index (χ4n) is 8.27. The van der Waals surface area contributed by atoms with Crippen molar-refractivity contribution >= 4 is 16.8 Å². The molecule has 0 fully saturated rings. The zero-order chi connectivity index (χ0) is 31.9. The standard InChI is InChI=1S/C45H36N2/c1-44(2)37-27-33(29-13-7-5-8-14-29)22-24-35(37)40-41(44)36-25-23-34(28-38(36)45(40,3)4)30-18-20-31(21-19-30)42-43(32-15-9-6-10-16-32)47-26-12-11-17-39(47)46-42/h5-28H,1-4H3. The average Bonchev–Trinajstić information content (AvgIpc) is 3.70. The number of pyridine rings is 1. The lowest BCUT2D eigenvalue weighted by molar-refractivity contribution is 0.694. The van der Waals surface area contributed by atoms with Crippen LogP contribution in [0.3, 0.4) is 0 Å². The summed E-state index contributed by atoms with van der Waals surface area (Å²) in [6, 6.07) is 50.7. The molecular weight excluding hydrogens is 569 g/mol. The van der Waals surface area contributed by atoms with E-state index in [4.69, 9.17) is 4.98 Å². The number of imidazole rings is 1. The minimum Gasteiger partial charge on any atom is -0.299 e. The first kappa shape index (κ1) is 27.8. The predicted molar refractivity (Wildman–Crippen MR) is 196 cm³/mol. The van der Waals surface area contributed by atoms with Gasteiger partial charge in [0.05, 0.1) is 11.4 Å². The van der Waals surface area contributed by atoms with Crippen molar-refractivity contribution in [2.75, 3.05) is 0 Å². The second-order valence-electron chi connectivity index (χ2n) is 14.1. The Labute approximate surface area is 276 Å². The Hall–Kier alpha value is -5.47. The lowest BCUT2D eigenvalue weighted by Gasteiger charge is -2.29. The van der Waals surface area contributed by atoms with Crippen molar-refractivity contribution in [1.29, 1.82) is 0 Å². The highest BCUT2D eigenvalue weighted by molar-refractivity contribution is 6.10. The number of allylic oxidation sites excluding steroid dienone is 2. The molecule has 0 unspecified atom stereocenters. The number of rotatable bonds is 4. The van der Waals surface area contributed by atoms with E-state index < -0.39 is 0 Å². The number of hydrogen-bond acceptors (Lipinski definition) is 1. The molecule has 2 aromatic heterocycles. The molecule has 0 radical (unpaired) electrons. The molecule has 2 aliphatic carbocycles. The van der Waals surface area contributed by atoms with E-state index in [-0.39, 0.29) is 10.8 Å². The first-order valence-electron chi connectivity index (χ1n) is 16.6. The fourth-order valence-corrected chi connectivity index (χ4v) is 8.27. The summed E-state index contributed by atoms with van der Waals surface area (Å²) in [5, 5.41) is 0. The summed E-state index contributed by atoms with van der Waals surface area (Å²) in [7, 11) is 0. The molecule has 0 atom stereocenters. The lowest BCUT2D eigenvalue weighted by Crippen LogP contribution is -2.19. The SMILES string of the molecule is CC1(C)C2=C(c3ccc(-c4ccccc4)cc31)C(C)(C)c1cc(-c3ccc(-c4nc5ccccn5c4-c4ccccc4)cc3)ccc12. The molecule has 7 aromatic rings. The minimum absolute atomic E-state index is 0.0777. The molecule has 47 heavy (non-hydrogen) atoms. The quantitative estimate of drug-likeness (QED) is 0.195. The van der Waals surface area contributed by atoms with Gasteiger partial charge < -0.3 is 0 Å². The van der Waals surface area contributed by atoms with Crippen molar-refractivity contribution in [3.8, 4) is 44.8 Å². The second-order valence-corrected chi connectivity index (χ2v) is 14.1. The second kappa shape index (κ2) is 10.0. The van der Waals surface area contributed by atoms with Gasteiger partial charge in [0.25, 0.3) is 0 Å². The molecule has 2 aliphatic rings. The summed E-state index contributed by atoms with van der Waals surface area (Å²) in [6.07, 6.45) is 2.10. The number of hydrogen-bond donors (Lipinski definition) is 0. The fraction of sp³-hybridized carbons (Fsp3) is 0.133. The molecule has 0 amide bonds. The van der Waals surface area contributed by atoms with E-state index in [1.54, 1.807) is 0 Å². The summed E-state index contributed by atoms with van der Waals surface area (Å²) in [5.74, 6) is 0. The van der Waals surface area contributed by atoms with Crippen molar-refractivity contribution < 1.29 is 0 Å². The van der Waals surface area contributed by atoms with E-state index >= 15 is 0 Å². The molecule has 2 nitrogen and oxygen atoms in total. The summed E-state index contributed by atoms with van der Waals surface area (Å²) < 4.78 is 2.19. The Morgan fingerprint density at radius 1 is 0.447 bits per heavy atom. The van der Waals surface area contributed by atoms with Gasteiger partial charge in [-0.1, -0.05) is 143 Å². The van der Waals surface area contributed by atoms with E-state index in [9.17, 15) is 0 Å². The lowest BCUT2D eigenvalue weighted by atomic mass is 9.74. The smallest absolute Gasteiger partial charge is 0.137 e. The van der Waals surface area contributed by atoms with Crippen LogP contribution >= 0.6 is 0 Å². The zero-order valence-electron chi connectivity index (χ0n) is 27.3. The maximum Gasteiger partial charge on any atom is 0.137 e. The van der Waals surface area contributed by atoms with Crippen LogP contribution in [0.25, 0.3) is 61.6 Å². The molecule has 0 N–H and O–H groups in total. The van der Waals surface area contributed by atoms with Gasteiger partial charge in [0.2, 0.25) is 0 Å². The largest absolute Gasteiger partial charge is 0.299 e. The molecule has 0 bridgehead atoms. The number of aromatic nitrogens is 2. The van der Waals surface area contributed by atoms with Crippen LogP contribution in [0.2, 0.25) is 0 Å². The number of fused-ring (bicyclic) bond motifs is 5. The maximum absolute atomic E-state index is 5.07. The highest BCUT2D eigenvalue weighted by Crippen LogP contribution is 2.63. The third-order valence-electron chi connectivity index (χ3n) is 10.6. The summed E-state index contributed by atoms with van der Waals surface area (Å²) >= 11 is 0. The van der Waals surface area contributed by atoms with E-state index in [0.29, 0.717) is 0 Å². The highest BCUT2D eigenvalue weighted by atomic mass is 15.0. The van der Waals surface area contributed by atoms with E-state index in [2.05, 4.69) is 172 Å². The Bertz CT molecular complexity index is 2370. The third kappa shape index (κ3) is 4.07. The van der Waals surface area contributed by atoms with Gasteiger partial charge in [-0.05, 0) is 79.9 Å². The Morgan fingerprint density at radius 2 is 0.915 bits per heavy atom. The van der Waals surface area contributed by atoms with Crippen molar-refractivity contribution in [2.45, 2.75) is 38.5 Å². The normalized spacial score (nSPS) is 15.5. The summed E-state index contributed by atoms with van der Waals surface area (Å²) in [5.41, 5.74) is 18.8. The molecule has 2 heteroatoms. The van der Waals surface area contributed by atoms with Crippen LogP contribution in [0.1, 0.15) is 49.9 Å². The first-order valence-corrected chi connectivity index (χ1v) is 16.6. The van der Waals surface area contributed by atoms with Gasteiger partial charge in [-0.15, -0.1) is 0 Å². The average molecular weight is 605 g/mol. The maximum atomic E-state index is 5.07. The topological polar surface area (TPSA) is 17.3 Å². The highest BCUT2D eigenvalue weighted by Gasteiger charge is 2.49. The molecular formula is C45H36N2. The number of nitrogens with zero attached hydrogens (tertiary/aromatic N) is 2. The van der Waals surface area contributed by atoms with Gasteiger partial charge in [-0.2, -0.15) is 0 Å². The molecule has 226 valence electrons. The van der Waals surface area contributed by atoms with Crippen LogP contribution in [-0.4, -0.2) is 9.38 Å². The summed E-state index contributed by atoms with van der Waals surface area (Å²) in [4.78, 5) is 5.07. The van der Waals surface area contributed by atoms with Crippen LogP contribution in [-0.2, 0) is 10.8 Å². The first-order chi connectivity index (χ1) is 22.8. The van der Waals surface area contributed by atoms with Crippen molar-refractivity contribution in [1.82, 2.24) is 9.38 Å². The van der Waals surface area contributed by atoms with Gasteiger partial charge in [-0.25, -0.2) is 4.98 Å². The Kier molecular flexibility index (Phi) is 5.92. The van der Waals surface area contributed by atoms with Gasteiger partial charge in [0.1, 0.15) is 5.65 Å². The molecule has 5 aromatic carbocycles. The van der Waals surface area contributed by atoms with Crippen LogP contribution in [0.4, 0.5) is 0 Å². The minimum atomic E-state index is -0.0987. The molecule has 0 spiro atoms. The monoisotopic (exact) mass is 604 g/mol. The van der Waals surface area contributed by atoms with Gasteiger partial charge in [0, 0.05) is 28.2 Å². The van der Waals surface area contributed by atoms with Gasteiger partial charge in [-0.3, -0.25) is 4.40 Å². The Morgan fingerprint density at radius 3 is 1.49 bits per heavy atom. The number of benzene rings is 5. The molecule has 0 aliphatic heterocycles. The van der Waals surface area contributed by atoms with Crippen LogP contribution in [0, 0.1) is 0 Å². The van der Waals surface area contributed by atoms with Crippen LogP contribution < -0.4 is 0 Å². The predicted octanol–water partition coefficient (Wildman–Crippen LogP) is 11.5. The molecule has 0 saturated carbocycles. The van der Waals surface area contributed by atoms with E-state index in [1.165, 1.54) is 55.7 Å². The van der Waals surface area contributed by atoms with Gasteiger partial charge in [0.15, 0.2) is 0 Å². The zero-order valence-corrected chi connectivity index (χ0v) is 27.3. The third-order valence-corrected chi connectivity index (χ3v) is 10.6. The molecule has 9 rings (SSSR count). The van der Waals surface area contributed by atoms with Gasteiger partial charge >= 0.3 is 0 Å². The Balaban J connectivity index is 1.09. The summed E-state index contributed by atoms with van der Waals surface area (Å²) in [6.45, 7) is 9.63. The van der Waals surface area contributed by atoms with Crippen molar-refractivity contribution in [3.63, 3.8) is 0 Å². The van der Waals surface area contributed by atoms with Crippen LogP contribution in [0.5, 0.6) is 0 Å². The van der Waals surface area contributed by atoms with E-state index in [1.807, 2.05) is 6.07 Å².